The predicted molar refractivity (Wildman–Crippen MR) is 74.1 cm³/mol. The van der Waals surface area contributed by atoms with Gasteiger partial charge in [-0.2, -0.15) is 0 Å². The molecule has 0 heterocycles. The second-order valence-corrected chi connectivity index (χ2v) is 5.70. The van der Waals surface area contributed by atoms with Gasteiger partial charge in [-0.3, -0.25) is 13.8 Å². The first kappa shape index (κ1) is 16.3. The van der Waals surface area contributed by atoms with Gasteiger partial charge in [-0.15, -0.1) is 0 Å². The van der Waals surface area contributed by atoms with Gasteiger partial charge in [-0.25, -0.2) is 4.39 Å². The van der Waals surface area contributed by atoms with Crippen LogP contribution >= 0.6 is 0 Å². The number of amides is 1. The number of hydrogen-bond donors (Lipinski definition) is 1. The Hall–Kier alpha value is -1.76. The van der Waals surface area contributed by atoms with Gasteiger partial charge >= 0.3 is 5.97 Å². The number of benzene rings is 1. The Kier molecular flexibility index (Phi) is 6.30. The molecular weight excluding hydrogens is 285 g/mol. The van der Waals surface area contributed by atoms with Crippen molar-refractivity contribution >= 4 is 28.4 Å². The normalized spacial score (nSPS) is 13.3. The van der Waals surface area contributed by atoms with E-state index in [9.17, 15) is 18.2 Å². The molecular formula is C13H16FNO4S. The minimum atomic E-state index is -1.52. The van der Waals surface area contributed by atoms with Crippen molar-refractivity contribution in [2.24, 2.45) is 5.92 Å². The molecule has 0 saturated carbocycles. The van der Waals surface area contributed by atoms with Crippen molar-refractivity contribution in [3.63, 3.8) is 0 Å². The largest absolute Gasteiger partial charge is 0.469 e. The van der Waals surface area contributed by atoms with E-state index in [0.717, 1.165) is 0 Å². The lowest BCUT2D eigenvalue weighted by atomic mass is 10.2. The van der Waals surface area contributed by atoms with Crippen molar-refractivity contribution in [2.45, 2.75) is 6.92 Å². The summed E-state index contributed by atoms with van der Waals surface area (Å²) in [4.78, 5) is 22.8. The van der Waals surface area contributed by atoms with Crippen LogP contribution in [0.25, 0.3) is 0 Å². The van der Waals surface area contributed by atoms with Crippen LogP contribution in [0.5, 0.6) is 0 Å². The summed E-state index contributed by atoms with van der Waals surface area (Å²) in [6.45, 7) is 1.57. The van der Waals surface area contributed by atoms with Gasteiger partial charge in [0.25, 0.3) is 0 Å². The van der Waals surface area contributed by atoms with Crippen molar-refractivity contribution in [3.05, 3.63) is 30.1 Å². The van der Waals surface area contributed by atoms with Gasteiger partial charge in [0.15, 0.2) is 0 Å². The number of methoxy groups -OCH3 is 1. The van der Waals surface area contributed by atoms with Crippen LogP contribution in [0.3, 0.4) is 0 Å². The lowest BCUT2D eigenvalue weighted by Gasteiger charge is -2.09. The maximum atomic E-state index is 13.3. The van der Waals surface area contributed by atoms with Gasteiger partial charge in [0.1, 0.15) is 11.6 Å². The molecule has 0 aliphatic heterocycles. The highest BCUT2D eigenvalue weighted by Crippen LogP contribution is 2.12. The molecule has 0 bridgehead atoms. The number of ether oxygens (including phenoxy) is 1. The second-order valence-electron chi connectivity index (χ2n) is 4.20. The molecule has 0 radical (unpaired) electrons. The number of rotatable bonds is 6. The molecule has 2 atom stereocenters. The first-order valence-electron chi connectivity index (χ1n) is 5.91. The van der Waals surface area contributed by atoms with E-state index in [1.807, 2.05) is 0 Å². The van der Waals surface area contributed by atoms with E-state index in [1.54, 1.807) is 13.0 Å². The Balaban J connectivity index is 2.49. The number of halogens is 1. The Bertz CT molecular complexity index is 521. The molecule has 0 spiro atoms. The van der Waals surface area contributed by atoms with Crippen LogP contribution in [0.1, 0.15) is 6.92 Å². The van der Waals surface area contributed by atoms with Crippen molar-refractivity contribution in [1.29, 1.82) is 0 Å². The fourth-order valence-electron chi connectivity index (χ4n) is 1.50. The summed E-state index contributed by atoms with van der Waals surface area (Å²) in [5.74, 6) is -2.43. The minimum absolute atomic E-state index is 0.0252. The number of esters is 1. The topological polar surface area (TPSA) is 72.5 Å². The van der Waals surface area contributed by atoms with Crippen molar-refractivity contribution in [1.82, 2.24) is 0 Å². The summed E-state index contributed by atoms with van der Waals surface area (Å²) < 4.78 is 29.5. The van der Waals surface area contributed by atoms with Gasteiger partial charge in [-0.1, -0.05) is 19.1 Å². The quantitative estimate of drug-likeness (QED) is 0.804. The highest BCUT2D eigenvalue weighted by atomic mass is 32.2. The Morgan fingerprint density at radius 2 is 2.05 bits per heavy atom. The Labute approximate surface area is 119 Å². The van der Waals surface area contributed by atoms with Gasteiger partial charge in [-0.05, 0) is 12.1 Å². The van der Waals surface area contributed by atoms with Gasteiger partial charge in [0.2, 0.25) is 5.91 Å². The first-order chi connectivity index (χ1) is 9.43. The zero-order chi connectivity index (χ0) is 15.1. The molecule has 0 aliphatic rings. The van der Waals surface area contributed by atoms with E-state index < -0.39 is 34.4 Å². The monoisotopic (exact) mass is 301 g/mol. The van der Waals surface area contributed by atoms with E-state index in [1.165, 1.54) is 25.3 Å². The molecule has 1 aromatic carbocycles. The molecule has 0 saturated heterocycles. The molecule has 0 aliphatic carbocycles. The third kappa shape index (κ3) is 5.08. The first-order valence-corrected chi connectivity index (χ1v) is 7.40. The number of hydrogen-bond acceptors (Lipinski definition) is 4. The zero-order valence-electron chi connectivity index (χ0n) is 11.2. The lowest BCUT2D eigenvalue weighted by Crippen LogP contribution is -2.26. The molecule has 0 fully saturated rings. The minimum Gasteiger partial charge on any atom is -0.469 e. The molecule has 1 amide bonds. The summed E-state index contributed by atoms with van der Waals surface area (Å²) >= 11 is 0. The average molecular weight is 301 g/mol. The predicted octanol–water partition coefficient (Wildman–Crippen LogP) is 1.32. The fourth-order valence-corrected chi connectivity index (χ4v) is 2.68. The maximum absolute atomic E-state index is 13.3. The van der Waals surface area contributed by atoms with Crippen LogP contribution in [0.2, 0.25) is 0 Å². The molecule has 1 aromatic rings. The summed E-state index contributed by atoms with van der Waals surface area (Å²) in [6, 6.07) is 5.70. The van der Waals surface area contributed by atoms with E-state index in [2.05, 4.69) is 10.1 Å². The number of anilines is 1. The molecule has 5 nitrogen and oxygen atoms in total. The number of nitrogens with one attached hydrogen (secondary N) is 1. The average Bonchev–Trinajstić information content (AvgIpc) is 2.40. The molecule has 2 unspecified atom stereocenters. The SMILES string of the molecule is COC(=O)C(C)CS(=O)CC(=O)Nc1ccccc1F. The fraction of sp³-hybridized carbons (Fsp3) is 0.385. The smallest absolute Gasteiger partial charge is 0.309 e. The molecule has 7 heteroatoms. The van der Waals surface area contributed by atoms with E-state index >= 15 is 0 Å². The molecule has 1 rings (SSSR count). The van der Waals surface area contributed by atoms with E-state index in [-0.39, 0.29) is 17.2 Å². The molecule has 110 valence electrons. The summed E-state index contributed by atoms with van der Waals surface area (Å²) in [7, 11) is -0.275. The third-order valence-electron chi connectivity index (χ3n) is 2.48. The van der Waals surface area contributed by atoms with Crippen molar-refractivity contribution < 1.29 is 22.9 Å². The summed E-state index contributed by atoms with van der Waals surface area (Å²) in [5.41, 5.74) is 0.0375. The molecule has 1 N–H and O–H groups in total. The molecule has 0 aromatic heterocycles. The Morgan fingerprint density at radius 1 is 1.40 bits per heavy atom. The van der Waals surface area contributed by atoms with Crippen LogP contribution in [0.15, 0.2) is 24.3 Å². The third-order valence-corrected chi connectivity index (χ3v) is 3.94. The summed E-state index contributed by atoms with van der Waals surface area (Å²) in [6.07, 6.45) is 0. The second kappa shape index (κ2) is 7.74. The number of carbonyl (C=O) groups is 2. The van der Waals surface area contributed by atoms with Gasteiger partial charge in [0, 0.05) is 16.6 Å². The highest BCUT2D eigenvalue weighted by Gasteiger charge is 2.18. The van der Waals surface area contributed by atoms with E-state index in [4.69, 9.17) is 0 Å². The Morgan fingerprint density at radius 3 is 2.65 bits per heavy atom. The van der Waals surface area contributed by atoms with Crippen LogP contribution < -0.4 is 5.32 Å². The van der Waals surface area contributed by atoms with Crippen LogP contribution in [-0.4, -0.2) is 34.7 Å². The maximum Gasteiger partial charge on any atom is 0.309 e. The summed E-state index contributed by atoms with van der Waals surface area (Å²) in [5, 5.41) is 2.33. The van der Waals surface area contributed by atoms with Gasteiger partial charge < -0.3 is 10.1 Å². The van der Waals surface area contributed by atoms with E-state index in [0.29, 0.717) is 0 Å². The van der Waals surface area contributed by atoms with Crippen molar-refractivity contribution in [3.8, 4) is 0 Å². The van der Waals surface area contributed by atoms with Crippen molar-refractivity contribution in [2.75, 3.05) is 23.9 Å². The molecule has 20 heavy (non-hydrogen) atoms. The zero-order valence-corrected chi connectivity index (χ0v) is 12.0. The lowest BCUT2D eigenvalue weighted by molar-refractivity contribution is -0.144. The van der Waals surface area contributed by atoms with Crippen LogP contribution in [0.4, 0.5) is 10.1 Å². The highest BCUT2D eigenvalue weighted by molar-refractivity contribution is 7.85. The van der Waals surface area contributed by atoms with Crippen LogP contribution in [-0.2, 0) is 25.1 Å². The number of para-hydroxylation sites is 1. The number of carbonyl (C=O) groups excluding carboxylic acids is 2. The van der Waals surface area contributed by atoms with Gasteiger partial charge in [0.05, 0.1) is 18.7 Å². The standard InChI is InChI=1S/C13H16FNO4S/c1-9(13(17)19-2)7-20(18)8-12(16)15-11-6-4-3-5-10(11)14/h3-6,9H,7-8H2,1-2H3,(H,15,16). The van der Waals surface area contributed by atoms with Crippen LogP contribution in [0, 0.1) is 11.7 Å².